The molecule has 19 heavy (non-hydrogen) atoms. The summed E-state index contributed by atoms with van der Waals surface area (Å²) in [6.45, 7) is 0. The second kappa shape index (κ2) is 5.71. The standard InChI is InChI=1S/C14H14O5/c15-11-5-1-9(2-6-11)13(17)19-14(18)10-3-7-12(16)8-4-10/h1-8,13-18H. The second-order valence-electron chi connectivity index (χ2n) is 4.02. The van der Waals surface area contributed by atoms with Gasteiger partial charge in [0.05, 0.1) is 0 Å². The first-order valence-corrected chi connectivity index (χ1v) is 5.66. The van der Waals surface area contributed by atoms with Crippen molar-refractivity contribution in [2.45, 2.75) is 12.6 Å². The van der Waals surface area contributed by atoms with Crippen molar-refractivity contribution in [3.63, 3.8) is 0 Å². The summed E-state index contributed by atoms with van der Waals surface area (Å²) in [4.78, 5) is 0. The van der Waals surface area contributed by atoms with Gasteiger partial charge in [0.25, 0.3) is 0 Å². The molecule has 4 N–H and O–H groups in total. The third-order valence-electron chi connectivity index (χ3n) is 2.61. The molecule has 2 atom stereocenters. The third-order valence-corrected chi connectivity index (χ3v) is 2.61. The first-order chi connectivity index (χ1) is 9.06. The highest BCUT2D eigenvalue weighted by molar-refractivity contribution is 5.28. The van der Waals surface area contributed by atoms with Gasteiger partial charge in [0, 0.05) is 11.1 Å². The lowest BCUT2D eigenvalue weighted by molar-refractivity contribution is -0.215. The molecule has 0 aromatic heterocycles. The van der Waals surface area contributed by atoms with Crippen LogP contribution in [0.5, 0.6) is 11.5 Å². The summed E-state index contributed by atoms with van der Waals surface area (Å²) < 4.78 is 5.05. The smallest absolute Gasteiger partial charge is 0.184 e. The molecule has 0 heterocycles. The molecule has 0 bridgehead atoms. The molecule has 5 nitrogen and oxygen atoms in total. The number of benzene rings is 2. The average Bonchev–Trinajstić information content (AvgIpc) is 2.40. The molecule has 100 valence electrons. The molecule has 2 rings (SSSR count). The van der Waals surface area contributed by atoms with Crippen LogP contribution in [0.2, 0.25) is 0 Å². The van der Waals surface area contributed by atoms with Crippen LogP contribution < -0.4 is 0 Å². The summed E-state index contributed by atoms with van der Waals surface area (Å²) in [6.07, 6.45) is -2.63. The molecule has 0 aliphatic carbocycles. The van der Waals surface area contributed by atoms with Crippen LogP contribution in [0.15, 0.2) is 48.5 Å². The third kappa shape index (κ3) is 3.45. The van der Waals surface area contributed by atoms with E-state index in [4.69, 9.17) is 14.9 Å². The maximum atomic E-state index is 9.78. The van der Waals surface area contributed by atoms with E-state index in [0.717, 1.165) is 0 Å². The lowest BCUT2D eigenvalue weighted by Crippen LogP contribution is -2.09. The van der Waals surface area contributed by atoms with Crippen LogP contribution in [0.4, 0.5) is 0 Å². The van der Waals surface area contributed by atoms with Crippen molar-refractivity contribution in [1.82, 2.24) is 0 Å². The fraction of sp³-hybridized carbons (Fsp3) is 0.143. The molecule has 2 unspecified atom stereocenters. The Morgan fingerprint density at radius 1 is 0.632 bits per heavy atom. The predicted molar refractivity (Wildman–Crippen MR) is 67.2 cm³/mol. The molecular formula is C14H14O5. The van der Waals surface area contributed by atoms with Gasteiger partial charge in [-0.25, -0.2) is 0 Å². The number of rotatable bonds is 4. The van der Waals surface area contributed by atoms with Gasteiger partial charge >= 0.3 is 0 Å². The van der Waals surface area contributed by atoms with Crippen molar-refractivity contribution in [3.05, 3.63) is 59.7 Å². The second-order valence-corrected chi connectivity index (χ2v) is 4.02. The fourth-order valence-electron chi connectivity index (χ4n) is 1.56. The van der Waals surface area contributed by atoms with E-state index in [1.807, 2.05) is 0 Å². The number of phenols is 2. The molecule has 0 aliphatic rings. The Balaban J connectivity index is 2.03. The Kier molecular flexibility index (Phi) is 4.01. The van der Waals surface area contributed by atoms with Crippen LogP contribution in [-0.4, -0.2) is 20.4 Å². The normalized spacial score (nSPS) is 14.0. The van der Waals surface area contributed by atoms with E-state index >= 15 is 0 Å². The Morgan fingerprint density at radius 3 is 1.26 bits per heavy atom. The van der Waals surface area contributed by atoms with Crippen molar-refractivity contribution in [2.24, 2.45) is 0 Å². The number of phenolic OH excluding ortho intramolecular Hbond substituents is 2. The average molecular weight is 262 g/mol. The molecule has 0 saturated heterocycles. The summed E-state index contributed by atoms with van der Waals surface area (Å²) in [6, 6.07) is 11.6. The summed E-state index contributed by atoms with van der Waals surface area (Å²) in [5, 5.41) is 37.8. The van der Waals surface area contributed by atoms with E-state index in [9.17, 15) is 10.2 Å². The summed E-state index contributed by atoms with van der Waals surface area (Å²) in [5.41, 5.74) is 0.825. The van der Waals surface area contributed by atoms with Gasteiger partial charge in [-0.05, 0) is 24.3 Å². The molecular weight excluding hydrogens is 248 g/mol. The lowest BCUT2D eigenvalue weighted by atomic mass is 10.2. The molecule has 0 radical (unpaired) electrons. The van der Waals surface area contributed by atoms with E-state index in [0.29, 0.717) is 11.1 Å². The fourth-order valence-corrected chi connectivity index (χ4v) is 1.56. The Bertz CT molecular complexity index is 471. The first kappa shape index (κ1) is 13.4. The molecule has 0 amide bonds. The number of hydrogen-bond donors (Lipinski definition) is 4. The molecule has 2 aromatic rings. The van der Waals surface area contributed by atoms with E-state index in [1.54, 1.807) is 0 Å². The van der Waals surface area contributed by atoms with Crippen LogP contribution in [0, 0.1) is 0 Å². The number of aromatic hydroxyl groups is 2. The number of aliphatic hydroxyl groups excluding tert-OH is 2. The van der Waals surface area contributed by atoms with Gasteiger partial charge in [-0.2, -0.15) is 0 Å². The van der Waals surface area contributed by atoms with Crippen molar-refractivity contribution < 1.29 is 25.2 Å². The maximum absolute atomic E-state index is 9.78. The lowest BCUT2D eigenvalue weighted by Gasteiger charge is -2.17. The van der Waals surface area contributed by atoms with Gasteiger partial charge < -0.3 is 25.2 Å². The number of ether oxygens (including phenoxy) is 1. The molecule has 2 aromatic carbocycles. The minimum absolute atomic E-state index is 0.0787. The molecule has 0 spiro atoms. The summed E-state index contributed by atoms with van der Waals surface area (Å²) in [7, 11) is 0. The molecule has 0 saturated carbocycles. The van der Waals surface area contributed by atoms with Gasteiger partial charge in [-0.1, -0.05) is 24.3 Å². The first-order valence-electron chi connectivity index (χ1n) is 5.66. The van der Waals surface area contributed by atoms with Gasteiger partial charge in [0.15, 0.2) is 12.6 Å². The zero-order chi connectivity index (χ0) is 13.8. The Hall–Kier alpha value is -2.08. The minimum Gasteiger partial charge on any atom is -0.508 e. The Morgan fingerprint density at radius 2 is 0.947 bits per heavy atom. The Labute approximate surface area is 110 Å². The number of hydrogen-bond acceptors (Lipinski definition) is 5. The van der Waals surface area contributed by atoms with Crippen LogP contribution in [0.25, 0.3) is 0 Å². The van der Waals surface area contributed by atoms with Crippen molar-refractivity contribution >= 4 is 0 Å². The van der Waals surface area contributed by atoms with Crippen molar-refractivity contribution in [2.75, 3.05) is 0 Å². The molecule has 5 heteroatoms. The van der Waals surface area contributed by atoms with E-state index in [-0.39, 0.29) is 11.5 Å². The van der Waals surface area contributed by atoms with Crippen LogP contribution in [0.1, 0.15) is 23.7 Å². The zero-order valence-electron chi connectivity index (χ0n) is 9.97. The van der Waals surface area contributed by atoms with E-state index in [2.05, 4.69) is 0 Å². The van der Waals surface area contributed by atoms with E-state index in [1.165, 1.54) is 48.5 Å². The summed E-state index contributed by atoms with van der Waals surface area (Å²) >= 11 is 0. The van der Waals surface area contributed by atoms with Gasteiger partial charge in [-0.3, -0.25) is 0 Å². The highest BCUT2D eigenvalue weighted by atomic mass is 16.7. The van der Waals surface area contributed by atoms with Gasteiger partial charge in [0.1, 0.15) is 11.5 Å². The minimum atomic E-state index is -1.32. The quantitative estimate of drug-likeness (QED) is 0.631. The molecule has 0 fully saturated rings. The highest BCUT2D eigenvalue weighted by Crippen LogP contribution is 2.25. The SMILES string of the molecule is Oc1ccc(C(O)OC(O)c2ccc(O)cc2)cc1. The van der Waals surface area contributed by atoms with E-state index < -0.39 is 12.6 Å². The topological polar surface area (TPSA) is 90.2 Å². The summed E-state index contributed by atoms with van der Waals surface area (Å²) in [5.74, 6) is 0.157. The van der Waals surface area contributed by atoms with Gasteiger partial charge in [-0.15, -0.1) is 0 Å². The van der Waals surface area contributed by atoms with Crippen LogP contribution >= 0.6 is 0 Å². The van der Waals surface area contributed by atoms with Gasteiger partial charge in [0.2, 0.25) is 0 Å². The van der Waals surface area contributed by atoms with Crippen molar-refractivity contribution in [1.29, 1.82) is 0 Å². The van der Waals surface area contributed by atoms with Crippen molar-refractivity contribution in [3.8, 4) is 11.5 Å². The molecule has 0 aliphatic heterocycles. The highest BCUT2D eigenvalue weighted by Gasteiger charge is 2.15. The number of aliphatic hydroxyl groups is 2. The zero-order valence-corrected chi connectivity index (χ0v) is 9.97. The van der Waals surface area contributed by atoms with Crippen LogP contribution in [0.3, 0.4) is 0 Å². The van der Waals surface area contributed by atoms with Crippen LogP contribution in [-0.2, 0) is 4.74 Å². The monoisotopic (exact) mass is 262 g/mol. The predicted octanol–water partition coefficient (Wildman–Crippen LogP) is 1.80. The maximum Gasteiger partial charge on any atom is 0.184 e. The largest absolute Gasteiger partial charge is 0.508 e.